The van der Waals surface area contributed by atoms with Crippen molar-refractivity contribution in [3.63, 3.8) is 0 Å². The number of carbonyl (C=O) groups is 1. The summed E-state index contributed by atoms with van der Waals surface area (Å²) in [4.78, 5) is 12.4. The minimum atomic E-state index is -1.07. The minimum absolute atomic E-state index is 0.0516. The fourth-order valence-electron chi connectivity index (χ4n) is 3.76. The van der Waals surface area contributed by atoms with Gasteiger partial charge in [-0.2, -0.15) is 10.2 Å². The number of alkyl halides is 1. The van der Waals surface area contributed by atoms with E-state index in [1.54, 1.807) is 29.9 Å². The Morgan fingerprint density at radius 2 is 2.26 bits per heavy atom. The van der Waals surface area contributed by atoms with E-state index in [9.17, 15) is 9.18 Å². The average molecular weight is 443 g/mol. The third kappa shape index (κ3) is 3.45. The molecule has 1 amide bonds. The molecule has 1 saturated carbocycles. The first-order chi connectivity index (χ1) is 15.0. The van der Waals surface area contributed by atoms with Gasteiger partial charge in [0, 0.05) is 23.4 Å². The van der Waals surface area contributed by atoms with E-state index in [0.29, 0.717) is 38.6 Å². The molecule has 160 valence electrons. The molecule has 31 heavy (non-hydrogen) atoms. The molecule has 0 aliphatic heterocycles. The number of nitrogens with zero attached hydrogens (tertiary/aromatic N) is 3. The Balaban J connectivity index is 1.55. The lowest BCUT2D eigenvalue weighted by atomic mass is 9.97. The summed E-state index contributed by atoms with van der Waals surface area (Å²) < 4.78 is 29.9. The van der Waals surface area contributed by atoms with E-state index in [2.05, 4.69) is 20.6 Å². The summed E-state index contributed by atoms with van der Waals surface area (Å²) in [6.07, 6.45) is 2.57. The number of thioether (sulfide) groups is 1. The molecule has 1 aliphatic rings. The maximum Gasteiger partial charge on any atom is 0.231 e. The molecular formula is C21H19F2N5O2S. The van der Waals surface area contributed by atoms with Gasteiger partial charge in [0.15, 0.2) is 5.82 Å². The number of nitrogens with one attached hydrogen (secondary N) is 2. The third-order valence-electron chi connectivity index (χ3n) is 5.43. The fraction of sp³-hybridized carbons (Fsp3) is 0.286. The number of hydrogen-bond acceptors (Lipinski definition) is 5. The second kappa shape index (κ2) is 7.61. The predicted octanol–water partition coefficient (Wildman–Crippen LogP) is 3.71. The van der Waals surface area contributed by atoms with Gasteiger partial charge in [-0.15, -0.1) is 11.8 Å². The second-order valence-electron chi connectivity index (χ2n) is 7.54. The summed E-state index contributed by atoms with van der Waals surface area (Å²) >= 11 is 1.24. The number of aliphatic hydroxyl groups excluding tert-OH is 1. The Labute approximate surface area is 179 Å². The lowest BCUT2D eigenvalue weighted by Crippen LogP contribution is -2.15. The molecule has 7 nitrogen and oxygen atoms in total. The van der Waals surface area contributed by atoms with Crippen LogP contribution >= 0.6 is 11.8 Å². The van der Waals surface area contributed by atoms with Gasteiger partial charge in [0.2, 0.25) is 5.91 Å². The third-order valence-corrected chi connectivity index (χ3v) is 6.49. The van der Waals surface area contributed by atoms with Gasteiger partial charge in [-0.05, 0) is 42.2 Å². The summed E-state index contributed by atoms with van der Waals surface area (Å²) in [5.74, 6) is -0.595. The highest BCUT2D eigenvalue weighted by molar-refractivity contribution is 7.99. The van der Waals surface area contributed by atoms with E-state index in [-0.39, 0.29) is 24.8 Å². The van der Waals surface area contributed by atoms with Crippen LogP contribution in [0.15, 0.2) is 35.5 Å². The van der Waals surface area contributed by atoms with Crippen molar-refractivity contribution in [2.24, 2.45) is 5.92 Å². The average Bonchev–Trinajstić information content (AvgIpc) is 3.12. The molecule has 1 aromatic carbocycles. The second-order valence-corrected chi connectivity index (χ2v) is 8.64. The van der Waals surface area contributed by atoms with E-state index in [0.717, 1.165) is 10.9 Å². The first-order valence-corrected chi connectivity index (χ1v) is 10.8. The topological polar surface area (TPSA) is 95.3 Å². The molecule has 2 atom stereocenters. The van der Waals surface area contributed by atoms with Crippen molar-refractivity contribution in [3.05, 3.63) is 42.0 Å². The van der Waals surface area contributed by atoms with Crippen LogP contribution < -0.4 is 5.32 Å². The van der Waals surface area contributed by atoms with Gasteiger partial charge in [-0.3, -0.25) is 9.89 Å². The maximum atomic E-state index is 15.2. The monoisotopic (exact) mass is 443 g/mol. The van der Waals surface area contributed by atoms with Crippen LogP contribution in [0.2, 0.25) is 0 Å². The number of aromatic nitrogens is 4. The van der Waals surface area contributed by atoms with E-state index >= 15 is 4.39 Å². The predicted molar refractivity (Wildman–Crippen MR) is 114 cm³/mol. The molecule has 3 heterocycles. The van der Waals surface area contributed by atoms with Crippen molar-refractivity contribution >= 4 is 39.9 Å². The normalized spacial score (nSPS) is 18.1. The van der Waals surface area contributed by atoms with Crippen LogP contribution in [0.3, 0.4) is 0 Å². The number of halogens is 2. The number of pyridine rings is 1. The summed E-state index contributed by atoms with van der Waals surface area (Å²) in [5, 5.41) is 23.8. The van der Waals surface area contributed by atoms with Gasteiger partial charge < -0.3 is 10.4 Å². The molecule has 0 bridgehead atoms. The maximum absolute atomic E-state index is 15.2. The van der Waals surface area contributed by atoms with E-state index in [1.165, 1.54) is 11.8 Å². The van der Waals surface area contributed by atoms with Crippen LogP contribution in [-0.2, 0) is 4.79 Å². The molecule has 5 rings (SSSR count). The van der Waals surface area contributed by atoms with Crippen LogP contribution in [-0.4, -0.2) is 49.4 Å². The number of amides is 1. The highest BCUT2D eigenvalue weighted by Crippen LogP contribution is 2.40. The highest BCUT2D eigenvalue weighted by atomic mass is 32.2. The van der Waals surface area contributed by atoms with Crippen LogP contribution in [0.25, 0.3) is 27.5 Å². The SMILES string of the molecule is Cc1c(F)c(SCCO)c2[nH]ncc2c1-c1ccn2nc(NC(=O)C3CC3F)cc2c1. The number of carbonyl (C=O) groups excluding carboxylic acids is 1. The summed E-state index contributed by atoms with van der Waals surface area (Å²) in [7, 11) is 0. The molecule has 4 aromatic rings. The largest absolute Gasteiger partial charge is 0.396 e. The number of hydrogen-bond donors (Lipinski definition) is 3. The molecular weight excluding hydrogens is 424 g/mol. The Morgan fingerprint density at radius 3 is 3.00 bits per heavy atom. The van der Waals surface area contributed by atoms with E-state index in [4.69, 9.17) is 5.11 Å². The van der Waals surface area contributed by atoms with Gasteiger partial charge in [-0.25, -0.2) is 13.3 Å². The molecule has 0 spiro atoms. The number of rotatable bonds is 6. The van der Waals surface area contributed by atoms with Crippen molar-refractivity contribution in [3.8, 4) is 11.1 Å². The van der Waals surface area contributed by atoms with Gasteiger partial charge in [0.05, 0.1) is 34.7 Å². The zero-order chi connectivity index (χ0) is 21.7. The zero-order valence-corrected chi connectivity index (χ0v) is 17.3. The summed E-state index contributed by atoms with van der Waals surface area (Å²) in [6, 6.07) is 5.37. The summed E-state index contributed by atoms with van der Waals surface area (Å²) in [6.45, 7) is 1.67. The van der Waals surface area contributed by atoms with Gasteiger partial charge in [0.1, 0.15) is 12.0 Å². The highest BCUT2D eigenvalue weighted by Gasteiger charge is 2.43. The quantitative estimate of drug-likeness (QED) is 0.395. The fourth-order valence-corrected chi connectivity index (χ4v) is 4.64. The Hall–Kier alpha value is -2.98. The summed E-state index contributed by atoms with van der Waals surface area (Å²) in [5.41, 5.74) is 3.26. The first kappa shape index (κ1) is 20.0. The standard InChI is InChI=1S/C21H19F2N5O2S/c1-10-17(14-9-24-26-19(14)20(18(10)23)31-5-4-29)11-2-3-28-12(6-11)7-16(27-28)25-21(30)13-8-15(13)22/h2-3,6-7,9,13,15,29H,4-5,8H2,1H3,(H,24,26)(H,25,27,30). The van der Waals surface area contributed by atoms with Crippen molar-refractivity contribution < 1.29 is 18.7 Å². The number of benzene rings is 1. The van der Waals surface area contributed by atoms with Crippen molar-refractivity contribution in [1.82, 2.24) is 19.8 Å². The van der Waals surface area contributed by atoms with Gasteiger partial charge in [-0.1, -0.05) is 0 Å². The van der Waals surface area contributed by atoms with Gasteiger partial charge in [0.25, 0.3) is 0 Å². The number of H-pyrrole nitrogens is 1. The smallest absolute Gasteiger partial charge is 0.231 e. The molecule has 10 heteroatoms. The molecule has 1 fully saturated rings. The Kier molecular flexibility index (Phi) is 4.90. The number of aliphatic hydroxyl groups is 1. The van der Waals surface area contributed by atoms with Crippen molar-refractivity contribution in [1.29, 1.82) is 0 Å². The van der Waals surface area contributed by atoms with Crippen LogP contribution in [0.4, 0.5) is 14.6 Å². The van der Waals surface area contributed by atoms with Crippen molar-refractivity contribution in [2.75, 3.05) is 17.7 Å². The molecule has 3 N–H and O–H groups in total. The van der Waals surface area contributed by atoms with E-state index < -0.39 is 12.1 Å². The Morgan fingerprint density at radius 1 is 1.45 bits per heavy atom. The number of anilines is 1. The van der Waals surface area contributed by atoms with E-state index in [1.807, 2.05) is 12.1 Å². The molecule has 0 saturated heterocycles. The van der Waals surface area contributed by atoms with Crippen LogP contribution in [0.5, 0.6) is 0 Å². The molecule has 2 unspecified atom stereocenters. The molecule has 3 aromatic heterocycles. The van der Waals surface area contributed by atoms with Crippen molar-refractivity contribution in [2.45, 2.75) is 24.4 Å². The molecule has 0 radical (unpaired) electrons. The lowest BCUT2D eigenvalue weighted by molar-refractivity contribution is -0.117. The first-order valence-electron chi connectivity index (χ1n) is 9.81. The Bertz CT molecular complexity index is 1320. The number of aromatic amines is 1. The zero-order valence-electron chi connectivity index (χ0n) is 16.5. The lowest BCUT2D eigenvalue weighted by Gasteiger charge is -2.13. The van der Waals surface area contributed by atoms with Crippen LogP contribution in [0.1, 0.15) is 12.0 Å². The molecule has 1 aliphatic carbocycles. The number of fused-ring (bicyclic) bond motifs is 2. The van der Waals surface area contributed by atoms with Gasteiger partial charge >= 0.3 is 0 Å². The van der Waals surface area contributed by atoms with Crippen LogP contribution in [0, 0.1) is 18.7 Å². The minimum Gasteiger partial charge on any atom is -0.396 e.